The first-order valence-corrected chi connectivity index (χ1v) is 11.9. The number of aliphatic hydroxyl groups excluding tert-OH is 3. The van der Waals surface area contributed by atoms with Crippen molar-refractivity contribution < 1.29 is 44.2 Å². The number of nitrogens with one attached hydrogen (secondary N) is 1. The molecule has 1 saturated heterocycles. The quantitative estimate of drug-likeness (QED) is 0.252. The van der Waals surface area contributed by atoms with Crippen molar-refractivity contribution in [2.75, 3.05) is 17.2 Å². The number of thiol groups is 1. The van der Waals surface area contributed by atoms with Gasteiger partial charge in [0, 0.05) is 0 Å². The number of rotatable bonds is 7. The van der Waals surface area contributed by atoms with Gasteiger partial charge in [0.05, 0.1) is 11.1 Å². The van der Waals surface area contributed by atoms with Gasteiger partial charge in [0.25, 0.3) is 0 Å². The van der Waals surface area contributed by atoms with Gasteiger partial charge < -0.3 is 39.4 Å². The predicted octanol–water partition coefficient (Wildman–Crippen LogP) is 0.635. The van der Waals surface area contributed by atoms with Crippen LogP contribution in [0.1, 0.15) is 26.3 Å². The number of carboxylic acid groups (broad SMARTS) is 1. The van der Waals surface area contributed by atoms with Gasteiger partial charge in [-0.3, -0.25) is 4.79 Å². The summed E-state index contributed by atoms with van der Waals surface area (Å²) in [7, 11) is 0. The van der Waals surface area contributed by atoms with E-state index >= 15 is 0 Å². The van der Waals surface area contributed by atoms with Crippen LogP contribution in [0.5, 0.6) is 5.75 Å². The molecule has 1 heterocycles. The molecular weight excluding hydrogens is 430 g/mol. The molecule has 0 bridgehead atoms. The number of benzene rings is 1. The summed E-state index contributed by atoms with van der Waals surface area (Å²) in [5.74, 6) is -1.60. The Morgan fingerprint density at radius 3 is 2.32 bits per heavy atom. The number of esters is 1. The fourth-order valence-electron chi connectivity index (χ4n) is 2.74. The lowest BCUT2D eigenvalue weighted by Crippen LogP contribution is -2.61. The number of ether oxygens (including phenoxy) is 3. The van der Waals surface area contributed by atoms with Crippen LogP contribution in [0.4, 0.5) is 5.69 Å². The van der Waals surface area contributed by atoms with E-state index in [4.69, 9.17) is 14.2 Å². The largest absolute Gasteiger partial charge is 0.479 e. The average molecular weight is 462 g/mol. The molecule has 11 heteroatoms. The molecule has 0 aromatic heterocycles. The normalized spacial score (nSPS) is 26.7. The molecule has 1 aromatic carbocycles. The van der Waals surface area contributed by atoms with E-state index in [0.29, 0.717) is 11.3 Å². The Morgan fingerprint density at radius 1 is 1.13 bits per heavy atom. The molecule has 0 radical (unpaired) electrons. The molecule has 1 aromatic rings. The Balaban J connectivity index is 2.22. The standard InChI is InChI=1S/C20H31NO9S/c1-20(2,3)19(27)28-9-10-6-7-12(11(8-10)21-31(4)5)29-18-15(24)13(22)14(23)16(30-18)17(25)26/h6-8,13-16,18,21-24,31H,9H2,1-5H3,(H,25,26). The first-order valence-electron chi connectivity index (χ1n) is 9.64. The van der Waals surface area contributed by atoms with E-state index in [0.717, 1.165) is 0 Å². The number of carboxylic acids is 1. The minimum atomic E-state index is -1.80. The van der Waals surface area contributed by atoms with Gasteiger partial charge in [-0.05, 0) is 51.0 Å². The highest BCUT2D eigenvalue weighted by atomic mass is 32.2. The zero-order valence-corrected chi connectivity index (χ0v) is 19.0. The zero-order valence-electron chi connectivity index (χ0n) is 18.1. The van der Waals surface area contributed by atoms with Crippen LogP contribution >= 0.6 is 11.1 Å². The van der Waals surface area contributed by atoms with Crippen molar-refractivity contribution in [3.8, 4) is 5.75 Å². The second-order valence-corrected chi connectivity index (χ2v) is 10.5. The van der Waals surface area contributed by atoms with Crippen molar-refractivity contribution in [2.45, 2.75) is 58.1 Å². The van der Waals surface area contributed by atoms with Crippen LogP contribution < -0.4 is 9.46 Å². The van der Waals surface area contributed by atoms with Gasteiger partial charge >= 0.3 is 11.9 Å². The Hall–Kier alpha value is -2.05. The third kappa shape index (κ3) is 6.47. The van der Waals surface area contributed by atoms with Gasteiger partial charge in [-0.1, -0.05) is 6.07 Å². The van der Waals surface area contributed by atoms with E-state index in [-0.39, 0.29) is 18.3 Å². The van der Waals surface area contributed by atoms with Crippen LogP contribution in [-0.4, -0.2) is 75.6 Å². The maximum atomic E-state index is 12.0. The lowest BCUT2D eigenvalue weighted by Gasteiger charge is -2.38. The Labute approximate surface area is 183 Å². The fraction of sp³-hybridized carbons (Fsp3) is 0.600. The predicted molar refractivity (Wildman–Crippen MR) is 115 cm³/mol. The number of anilines is 1. The molecule has 31 heavy (non-hydrogen) atoms. The maximum absolute atomic E-state index is 12.0. The van der Waals surface area contributed by atoms with Gasteiger partial charge in [0.2, 0.25) is 6.29 Å². The first kappa shape index (κ1) is 25.2. The molecule has 5 atom stereocenters. The smallest absolute Gasteiger partial charge is 0.335 e. The molecule has 1 aliphatic heterocycles. The third-order valence-corrected chi connectivity index (χ3v) is 5.11. The number of aliphatic carboxylic acids is 1. The van der Waals surface area contributed by atoms with E-state index in [2.05, 4.69) is 4.72 Å². The highest BCUT2D eigenvalue weighted by Crippen LogP contribution is 2.34. The fourth-order valence-corrected chi connectivity index (χ4v) is 3.39. The average Bonchev–Trinajstić information content (AvgIpc) is 2.66. The van der Waals surface area contributed by atoms with E-state index in [1.165, 1.54) is 0 Å². The molecule has 10 nitrogen and oxygen atoms in total. The molecular formula is C20H31NO9S. The van der Waals surface area contributed by atoms with Gasteiger partial charge in [-0.25, -0.2) is 4.79 Å². The summed E-state index contributed by atoms with van der Waals surface area (Å²) in [5, 5.41) is 39.2. The van der Waals surface area contributed by atoms with Crippen molar-refractivity contribution >= 4 is 28.7 Å². The van der Waals surface area contributed by atoms with Crippen LogP contribution in [0.3, 0.4) is 0 Å². The summed E-state index contributed by atoms with van der Waals surface area (Å²) in [5.41, 5.74) is 0.572. The van der Waals surface area contributed by atoms with E-state index in [1.807, 2.05) is 12.5 Å². The highest BCUT2D eigenvalue weighted by Gasteiger charge is 2.48. The van der Waals surface area contributed by atoms with Crippen molar-refractivity contribution in [1.29, 1.82) is 0 Å². The summed E-state index contributed by atoms with van der Waals surface area (Å²) < 4.78 is 19.4. The molecule has 5 N–H and O–H groups in total. The number of carbonyl (C=O) groups excluding carboxylic acids is 1. The number of carbonyl (C=O) groups is 2. The minimum absolute atomic E-state index is 0.0466. The lowest BCUT2D eigenvalue weighted by molar-refractivity contribution is -0.271. The summed E-state index contributed by atoms with van der Waals surface area (Å²) in [6.45, 7) is 5.31. The van der Waals surface area contributed by atoms with Crippen LogP contribution in [0.25, 0.3) is 0 Å². The molecule has 1 fully saturated rings. The van der Waals surface area contributed by atoms with Gasteiger partial charge in [-0.2, -0.15) is 11.1 Å². The maximum Gasteiger partial charge on any atom is 0.335 e. The van der Waals surface area contributed by atoms with Crippen molar-refractivity contribution in [2.24, 2.45) is 5.41 Å². The summed E-state index contributed by atoms with van der Waals surface area (Å²) in [6, 6.07) is 4.92. The lowest BCUT2D eigenvalue weighted by atomic mass is 9.97. The molecule has 2 rings (SSSR count). The van der Waals surface area contributed by atoms with Gasteiger partial charge in [-0.15, -0.1) is 0 Å². The Bertz CT molecular complexity index is 795. The summed E-state index contributed by atoms with van der Waals surface area (Å²) >= 11 is -0.640. The monoisotopic (exact) mass is 461 g/mol. The second kappa shape index (κ2) is 10.0. The molecule has 1 aliphatic rings. The van der Waals surface area contributed by atoms with E-state index in [1.54, 1.807) is 39.0 Å². The molecule has 0 saturated carbocycles. The number of hydrogen-bond donors (Lipinski definition) is 6. The zero-order chi connectivity index (χ0) is 23.5. The SMILES string of the molecule is C[SH](C)Nc1cc(COC(=O)C(C)(C)C)ccc1OC1OC(C(=O)O)C(O)C(O)C1O. The summed E-state index contributed by atoms with van der Waals surface area (Å²) in [4.78, 5) is 23.3. The Morgan fingerprint density at radius 2 is 1.77 bits per heavy atom. The van der Waals surface area contributed by atoms with Crippen LogP contribution in [-0.2, 0) is 25.7 Å². The van der Waals surface area contributed by atoms with Gasteiger partial charge in [0.1, 0.15) is 30.7 Å². The molecule has 0 aliphatic carbocycles. The first-order chi connectivity index (χ1) is 14.3. The van der Waals surface area contributed by atoms with Crippen molar-refractivity contribution in [3.05, 3.63) is 23.8 Å². The third-order valence-electron chi connectivity index (χ3n) is 4.43. The number of hydrogen-bond acceptors (Lipinski definition) is 9. The molecule has 5 unspecified atom stereocenters. The van der Waals surface area contributed by atoms with Crippen LogP contribution in [0.15, 0.2) is 18.2 Å². The number of aliphatic hydroxyl groups is 3. The minimum Gasteiger partial charge on any atom is -0.479 e. The van der Waals surface area contributed by atoms with Crippen LogP contribution in [0, 0.1) is 5.41 Å². The summed E-state index contributed by atoms with van der Waals surface area (Å²) in [6.07, 6.45) is -4.60. The molecule has 0 amide bonds. The van der Waals surface area contributed by atoms with E-state index < -0.39 is 53.2 Å². The molecule has 0 spiro atoms. The van der Waals surface area contributed by atoms with Crippen molar-refractivity contribution in [1.82, 2.24) is 0 Å². The topological polar surface area (TPSA) is 155 Å². The van der Waals surface area contributed by atoms with E-state index in [9.17, 15) is 30.0 Å². The highest BCUT2D eigenvalue weighted by molar-refractivity contribution is 8.17. The second-order valence-electron chi connectivity index (χ2n) is 8.52. The van der Waals surface area contributed by atoms with Crippen LogP contribution in [0.2, 0.25) is 0 Å². The van der Waals surface area contributed by atoms with Gasteiger partial charge in [0.15, 0.2) is 6.10 Å². The molecule has 176 valence electrons. The Kier molecular flexibility index (Phi) is 8.17. The van der Waals surface area contributed by atoms with Crippen molar-refractivity contribution in [3.63, 3.8) is 0 Å².